The van der Waals surface area contributed by atoms with Crippen molar-refractivity contribution in [3.8, 4) is 0 Å². The normalized spacial score (nSPS) is 9.88. The van der Waals surface area contributed by atoms with Gasteiger partial charge in [-0.1, -0.05) is 17.7 Å². The lowest BCUT2D eigenvalue weighted by Crippen LogP contribution is -2.28. The molecule has 0 saturated heterocycles. The molecule has 2 N–H and O–H groups in total. The first kappa shape index (κ1) is 12.7. The molecule has 1 aromatic carbocycles. The van der Waals surface area contributed by atoms with Crippen molar-refractivity contribution >= 4 is 23.2 Å². The molecule has 0 unspecified atom stereocenters. The molecule has 3 nitrogen and oxygen atoms in total. The first-order valence-corrected chi connectivity index (χ1v) is 5.08. The van der Waals surface area contributed by atoms with E-state index in [2.05, 4.69) is 17.2 Å². The van der Waals surface area contributed by atoms with Crippen LogP contribution in [0.3, 0.4) is 0 Å². The first-order valence-electron chi connectivity index (χ1n) is 4.70. The summed E-state index contributed by atoms with van der Waals surface area (Å²) in [6.45, 7) is 4.20. The van der Waals surface area contributed by atoms with Crippen molar-refractivity contribution in [3.05, 3.63) is 41.7 Å². The fourth-order valence-electron chi connectivity index (χ4n) is 1.07. The van der Waals surface area contributed by atoms with Gasteiger partial charge in [-0.15, -0.1) is 6.58 Å². The maximum Gasteiger partial charge on any atom is 0.238 e. The van der Waals surface area contributed by atoms with E-state index in [4.69, 9.17) is 11.6 Å². The second-order valence-corrected chi connectivity index (χ2v) is 3.50. The molecule has 1 aromatic rings. The summed E-state index contributed by atoms with van der Waals surface area (Å²) in [6.07, 6.45) is 1.65. The van der Waals surface area contributed by atoms with Gasteiger partial charge in [0.1, 0.15) is 5.82 Å². The zero-order valence-electron chi connectivity index (χ0n) is 8.59. The quantitative estimate of drug-likeness (QED) is 0.614. The minimum Gasteiger partial charge on any atom is -0.325 e. The summed E-state index contributed by atoms with van der Waals surface area (Å²) < 4.78 is 13.0. The van der Waals surface area contributed by atoms with E-state index in [0.717, 1.165) is 0 Å². The largest absolute Gasteiger partial charge is 0.325 e. The lowest BCUT2D eigenvalue weighted by molar-refractivity contribution is -0.115. The van der Waals surface area contributed by atoms with Gasteiger partial charge in [-0.25, -0.2) is 4.39 Å². The molecule has 0 saturated carbocycles. The van der Waals surface area contributed by atoms with Gasteiger partial charge in [-0.2, -0.15) is 0 Å². The number of anilines is 1. The maximum absolute atomic E-state index is 13.0. The molecular weight excluding hydrogens is 231 g/mol. The Labute approximate surface area is 98.3 Å². The Morgan fingerprint density at radius 3 is 2.94 bits per heavy atom. The van der Waals surface area contributed by atoms with Crippen LogP contribution in [0.5, 0.6) is 0 Å². The lowest BCUT2D eigenvalue weighted by atomic mass is 10.3. The predicted molar refractivity (Wildman–Crippen MR) is 63.1 cm³/mol. The van der Waals surface area contributed by atoms with Crippen LogP contribution in [0.15, 0.2) is 30.9 Å². The minimum absolute atomic E-state index is 0.0304. The predicted octanol–water partition coefficient (Wildman–Crippen LogP) is 2.19. The molecule has 0 aliphatic heterocycles. The van der Waals surface area contributed by atoms with E-state index in [0.29, 0.717) is 12.2 Å². The van der Waals surface area contributed by atoms with Crippen LogP contribution in [0, 0.1) is 5.82 Å². The molecule has 0 atom stereocenters. The highest BCUT2D eigenvalue weighted by Gasteiger charge is 2.04. The summed E-state index contributed by atoms with van der Waals surface area (Å²) in [5.74, 6) is -0.804. The molecule has 0 radical (unpaired) electrons. The van der Waals surface area contributed by atoms with Crippen LogP contribution in [0.1, 0.15) is 0 Å². The van der Waals surface area contributed by atoms with Gasteiger partial charge in [0.15, 0.2) is 0 Å². The van der Waals surface area contributed by atoms with Crippen molar-refractivity contribution < 1.29 is 9.18 Å². The van der Waals surface area contributed by atoms with Gasteiger partial charge < -0.3 is 10.6 Å². The molecular formula is C11H12ClFN2O. The topological polar surface area (TPSA) is 41.1 Å². The Morgan fingerprint density at radius 2 is 2.31 bits per heavy atom. The average molecular weight is 243 g/mol. The number of halogens is 2. The van der Waals surface area contributed by atoms with Crippen molar-refractivity contribution in [2.75, 3.05) is 18.4 Å². The van der Waals surface area contributed by atoms with Gasteiger partial charge in [-0.05, 0) is 18.2 Å². The monoisotopic (exact) mass is 242 g/mol. The summed E-state index contributed by atoms with van der Waals surface area (Å²) in [5.41, 5.74) is 0.382. The Bertz CT molecular complexity index is 396. The molecule has 0 aliphatic rings. The zero-order chi connectivity index (χ0) is 12.0. The smallest absolute Gasteiger partial charge is 0.238 e. The highest BCUT2D eigenvalue weighted by atomic mass is 35.5. The van der Waals surface area contributed by atoms with E-state index in [-0.39, 0.29) is 17.5 Å². The van der Waals surface area contributed by atoms with E-state index in [9.17, 15) is 9.18 Å². The van der Waals surface area contributed by atoms with Crippen LogP contribution in [0.4, 0.5) is 10.1 Å². The highest BCUT2D eigenvalue weighted by Crippen LogP contribution is 2.18. The zero-order valence-corrected chi connectivity index (χ0v) is 9.35. The summed E-state index contributed by atoms with van der Waals surface area (Å²) in [6, 6.07) is 4.11. The molecule has 1 amide bonds. The second kappa shape index (κ2) is 6.25. The SMILES string of the molecule is C=CCNCC(=O)Nc1ccc(Cl)c(F)c1. The van der Waals surface area contributed by atoms with Crippen LogP contribution >= 0.6 is 11.6 Å². The van der Waals surface area contributed by atoms with Crippen molar-refractivity contribution in [2.45, 2.75) is 0 Å². The summed E-state index contributed by atoms with van der Waals surface area (Å²) in [5, 5.41) is 5.40. The van der Waals surface area contributed by atoms with E-state index in [1.54, 1.807) is 6.08 Å². The number of amides is 1. The van der Waals surface area contributed by atoms with Gasteiger partial charge in [0, 0.05) is 12.2 Å². The average Bonchev–Trinajstić information content (AvgIpc) is 2.24. The molecule has 0 aromatic heterocycles. The Kier molecular flexibility index (Phi) is 4.95. The van der Waals surface area contributed by atoms with E-state index in [1.807, 2.05) is 0 Å². The molecule has 0 spiro atoms. The van der Waals surface area contributed by atoms with Crippen molar-refractivity contribution in [2.24, 2.45) is 0 Å². The third-order valence-electron chi connectivity index (χ3n) is 1.78. The number of benzene rings is 1. The number of carbonyl (C=O) groups is 1. The summed E-state index contributed by atoms with van der Waals surface area (Å²) in [7, 11) is 0. The fraction of sp³-hybridized carbons (Fsp3) is 0.182. The molecule has 0 fully saturated rings. The molecule has 0 aliphatic carbocycles. The van der Waals surface area contributed by atoms with Crippen molar-refractivity contribution in [1.29, 1.82) is 0 Å². The molecule has 1 rings (SSSR count). The van der Waals surface area contributed by atoms with Gasteiger partial charge in [0.25, 0.3) is 0 Å². The number of hydrogen-bond donors (Lipinski definition) is 2. The number of nitrogens with one attached hydrogen (secondary N) is 2. The minimum atomic E-state index is -0.557. The van der Waals surface area contributed by atoms with Crippen LogP contribution in [0.2, 0.25) is 5.02 Å². The first-order chi connectivity index (χ1) is 7.63. The van der Waals surface area contributed by atoms with Crippen molar-refractivity contribution in [1.82, 2.24) is 5.32 Å². The number of hydrogen-bond acceptors (Lipinski definition) is 2. The molecule has 0 bridgehead atoms. The van der Waals surface area contributed by atoms with E-state index < -0.39 is 5.82 Å². The summed E-state index contributed by atoms with van der Waals surface area (Å²) >= 11 is 5.51. The van der Waals surface area contributed by atoms with Gasteiger partial charge >= 0.3 is 0 Å². The van der Waals surface area contributed by atoms with Gasteiger partial charge in [0.05, 0.1) is 11.6 Å². The Balaban J connectivity index is 2.49. The van der Waals surface area contributed by atoms with E-state index in [1.165, 1.54) is 18.2 Å². The number of carbonyl (C=O) groups excluding carboxylic acids is 1. The third-order valence-corrected chi connectivity index (χ3v) is 2.08. The lowest BCUT2D eigenvalue weighted by Gasteiger charge is -2.06. The second-order valence-electron chi connectivity index (χ2n) is 3.10. The van der Waals surface area contributed by atoms with Crippen LogP contribution in [-0.2, 0) is 4.79 Å². The summed E-state index contributed by atoms with van der Waals surface area (Å²) in [4.78, 5) is 11.3. The third kappa shape index (κ3) is 4.00. The van der Waals surface area contributed by atoms with Crippen LogP contribution in [0.25, 0.3) is 0 Å². The standard InChI is InChI=1S/C11H12ClFN2O/c1-2-5-14-7-11(16)15-8-3-4-9(12)10(13)6-8/h2-4,6,14H,1,5,7H2,(H,15,16). The Hall–Kier alpha value is -1.39. The van der Waals surface area contributed by atoms with Gasteiger partial charge in [0.2, 0.25) is 5.91 Å². The number of rotatable bonds is 5. The fourth-order valence-corrected chi connectivity index (χ4v) is 1.18. The molecule has 86 valence electrons. The Morgan fingerprint density at radius 1 is 1.56 bits per heavy atom. The van der Waals surface area contributed by atoms with Crippen LogP contribution < -0.4 is 10.6 Å². The molecule has 16 heavy (non-hydrogen) atoms. The van der Waals surface area contributed by atoms with E-state index >= 15 is 0 Å². The maximum atomic E-state index is 13.0. The van der Waals surface area contributed by atoms with Crippen LogP contribution in [-0.4, -0.2) is 19.0 Å². The molecule has 5 heteroatoms. The van der Waals surface area contributed by atoms with Gasteiger partial charge in [-0.3, -0.25) is 4.79 Å². The van der Waals surface area contributed by atoms with Crippen molar-refractivity contribution in [3.63, 3.8) is 0 Å². The molecule has 0 heterocycles. The highest BCUT2D eigenvalue weighted by molar-refractivity contribution is 6.30.